The first-order valence-corrected chi connectivity index (χ1v) is 6.33. The summed E-state index contributed by atoms with van der Waals surface area (Å²) in [4.78, 5) is 27.4. The zero-order chi connectivity index (χ0) is 13.5. The first-order chi connectivity index (χ1) is 8.33. The third-order valence-corrected chi connectivity index (χ3v) is 3.29. The van der Waals surface area contributed by atoms with E-state index in [-0.39, 0.29) is 18.0 Å². The summed E-state index contributed by atoms with van der Waals surface area (Å²) in [6, 6.07) is -0.241. The lowest BCUT2D eigenvalue weighted by molar-refractivity contribution is -0.136. The molecule has 2 unspecified atom stereocenters. The Bertz CT molecular complexity index is 364. The van der Waals surface area contributed by atoms with Crippen molar-refractivity contribution in [3.05, 3.63) is 0 Å². The number of nitrogens with two attached hydrogens (primary N) is 1. The summed E-state index contributed by atoms with van der Waals surface area (Å²) in [5.41, 5.74) is 4.95. The molecule has 6 nitrogen and oxygen atoms in total. The maximum atomic E-state index is 12.1. The van der Waals surface area contributed by atoms with Crippen LogP contribution in [0.15, 0.2) is 0 Å². The molecule has 2 aliphatic rings. The van der Waals surface area contributed by atoms with Gasteiger partial charge in [-0.05, 0) is 27.2 Å². The van der Waals surface area contributed by atoms with Crippen molar-refractivity contribution in [2.75, 3.05) is 19.6 Å². The lowest BCUT2D eigenvalue weighted by Gasteiger charge is -2.34. The van der Waals surface area contributed by atoms with Gasteiger partial charge in [0.1, 0.15) is 11.6 Å². The molecule has 2 fully saturated rings. The van der Waals surface area contributed by atoms with Crippen molar-refractivity contribution in [2.24, 2.45) is 5.73 Å². The Morgan fingerprint density at radius 2 is 2.17 bits per heavy atom. The molecule has 0 saturated carbocycles. The molecule has 0 spiro atoms. The van der Waals surface area contributed by atoms with Crippen LogP contribution in [0.5, 0.6) is 0 Å². The molecule has 18 heavy (non-hydrogen) atoms. The van der Waals surface area contributed by atoms with Gasteiger partial charge in [-0.1, -0.05) is 0 Å². The third kappa shape index (κ3) is 2.29. The van der Waals surface area contributed by atoms with Crippen LogP contribution in [-0.2, 0) is 9.53 Å². The molecule has 0 aromatic heterocycles. The summed E-state index contributed by atoms with van der Waals surface area (Å²) in [6.45, 7) is 7.06. The van der Waals surface area contributed by atoms with Gasteiger partial charge in [0, 0.05) is 19.6 Å². The number of fused-ring (bicyclic) bond motifs is 2. The van der Waals surface area contributed by atoms with Gasteiger partial charge < -0.3 is 15.4 Å². The Morgan fingerprint density at radius 1 is 1.50 bits per heavy atom. The van der Waals surface area contributed by atoms with Crippen LogP contribution in [0, 0.1) is 0 Å². The molecular formula is C12H21N3O3. The van der Waals surface area contributed by atoms with Gasteiger partial charge in [0.15, 0.2) is 0 Å². The molecule has 2 saturated heterocycles. The van der Waals surface area contributed by atoms with Crippen molar-refractivity contribution >= 4 is 12.0 Å². The van der Waals surface area contributed by atoms with Gasteiger partial charge in [-0.15, -0.1) is 0 Å². The quantitative estimate of drug-likeness (QED) is 0.763. The molecule has 102 valence electrons. The molecule has 0 aromatic carbocycles. The average molecular weight is 255 g/mol. The molecule has 2 bridgehead atoms. The van der Waals surface area contributed by atoms with Crippen molar-refractivity contribution in [2.45, 2.75) is 44.9 Å². The lowest BCUT2D eigenvalue weighted by atomic mass is 10.2. The minimum atomic E-state index is -0.529. The van der Waals surface area contributed by atoms with Crippen molar-refractivity contribution in [1.82, 2.24) is 9.80 Å². The van der Waals surface area contributed by atoms with Gasteiger partial charge in [0.25, 0.3) is 0 Å². The normalized spacial score (nSPS) is 27.0. The summed E-state index contributed by atoms with van der Waals surface area (Å²) in [7, 11) is 0. The number of carbonyl (C=O) groups is 2. The lowest BCUT2D eigenvalue weighted by Crippen LogP contribution is -2.54. The number of nitrogens with zero attached hydrogens (tertiary/aromatic N) is 2. The molecule has 0 aliphatic carbocycles. The molecule has 2 amide bonds. The fourth-order valence-corrected chi connectivity index (χ4v) is 2.60. The molecular weight excluding hydrogens is 234 g/mol. The number of amides is 2. The molecule has 0 radical (unpaired) electrons. The van der Waals surface area contributed by atoms with E-state index in [1.807, 2.05) is 20.8 Å². The maximum absolute atomic E-state index is 12.1. The summed E-state index contributed by atoms with van der Waals surface area (Å²) in [5, 5.41) is 0. The van der Waals surface area contributed by atoms with Crippen LogP contribution >= 0.6 is 0 Å². The van der Waals surface area contributed by atoms with Crippen LogP contribution in [0.2, 0.25) is 0 Å². The molecule has 2 heterocycles. The Kier molecular flexibility index (Phi) is 3.23. The zero-order valence-corrected chi connectivity index (χ0v) is 11.2. The second kappa shape index (κ2) is 4.42. The monoisotopic (exact) mass is 255 g/mol. The minimum absolute atomic E-state index is 0.00237. The van der Waals surface area contributed by atoms with E-state index in [1.54, 1.807) is 9.80 Å². The predicted octanol–water partition coefficient (Wildman–Crippen LogP) is 0.165. The van der Waals surface area contributed by atoms with E-state index < -0.39 is 11.7 Å². The molecule has 2 atom stereocenters. The van der Waals surface area contributed by atoms with Gasteiger partial charge in [-0.3, -0.25) is 9.69 Å². The second-order valence-electron chi connectivity index (χ2n) is 5.86. The van der Waals surface area contributed by atoms with Gasteiger partial charge in [-0.2, -0.15) is 0 Å². The van der Waals surface area contributed by atoms with E-state index >= 15 is 0 Å². The van der Waals surface area contributed by atoms with E-state index in [2.05, 4.69) is 0 Å². The number of carbonyl (C=O) groups excluding carboxylic acids is 2. The number of likely N-dealkylation sites (tertiary alicyclic amines) is 2. The number of hydrogen-bond acceptors (Lipinski definition) is 4. The highest BCUT2D eigenvalue weighted by Crippen LogP contribution is 2.32. The summed E-state index contributed by atoms with van der Waals surface area (Å²) in [5.74, 6) is 0.00237. The van der Waals surface area contributed by atoms with Crippen LogP contribution < -0.4 is 5.73 Å². The van der Waals surface area contributed by atoms with E-state index in [4.69, 9.17) is 10.5 Å². The van der Waals surface area contributed by atoms with Crippen molar-refractivity contribution in [3.63, 3.8) is 0 Å². The van der Waals surface area contributed by atoms with Crippen molar-refractivity contribution < 1.29 is 14.3 Å². The van der Waals surface area contributed by atoms with E-state index in [0.29, 0.717) is 26.1 Å². The number of piperazine rings is 1. The fraction of sp³-hybridized carbons (Fsp3) is 0.833. The van der Waals surface area contributed by atoms with E-state index in [1.165, 1.54) is 0 Å². The Labute approximate surface area is 107 Å². The highest BCUT2D eigenvalue weighted by molar-refractivity contribution is 5.89. The van der Waals surface area contributed by atoms with Gasteiger partial charge >= 0.3 is 6.09 Å². The van der Waals surface area contributed by atoms with Crippen molar-refractivity contribution in [3.8, 4) is 0 Å². The molecule has 0 aromatic rings. The number of rotatable bonds is 2. The Hall–Kier alpha value is -1.30. The highest BCUT2D eigenvalue weighted by Gasteiger charge is 2.51. The number of ether oxygens (including phenoxy) is 1. The SMILES string of the molecule is CC(C)(C)OC(=O)N1CC2CC1C(=O)N2CCN. The first kappa shape index (κ1) is 13.1. The standard InChI is InChI=1S/C12H21N3O3/c1-12(2,3)18-11(17)15-7-8-6-9(15)10(16)14(8)5-4-13/h8-9H,4-7,13H2,1-3H3. The summed E-state index contributed by atoms with van der Waals surface area (Å²) in [6.07, 6.45) is 0.314. The highest BCUT2D eigenvalue weighted by atomic mass is 16.6. The van der Waals surface area contributed by atoms with Gasteiger partial charge in [0.05, 0.1) is 6.04 Å². The maximum Gasteiger partial charge on any atom is 0.411 e. The summed E-state index contributed by atoms with van der Waals surface area (Å²) >= 11 is 0. The summed E-state index contributed by atoms with van der Waals surface area (Å²) < 4.78 is 5.31. The first-order valence-electron chi connectivity index (χ1n) is 6.33. The molecule has 2 aliphatic heterocycles. The third-order valence-electron chi connectivity index (χ3n) is 3.29. The largest absolute Gasteiger partial charge is 0.444 e. The average Bonchev–Trinajstić information content (AvgIpc) is 2.77. The minimum Gasteiger partial charge on any atom is -0.444 e. The molecule has 2 N–H and O–H groups in total. The zero-order valence-electron chi connectivity index (χ0n) is 11.2. The van der Waals surface area contributed by atoms with E-state index in [0.717, 1.165) is 0 Å². The van der Waals surface area contributed by atoms with Crippen LogP contribution in [0.1, 0.15) is 27.2 Å². The smallest absolute Gasteiger partial charge is 0.411 e. The van der Waals surface area contributed by atoms with Crippen LogP contribution in [0.4, 0.5) is 4.79 Å². The van der Waals surface area contributed by atoms with Crippen molar-refractivity contribution in [1.29, 1.82) is 0 Å². The molecule has 6 heteroatoms. The molecule has 2 rings (SSSR count). The van der Waals surface area contributed by atoms with E-state index in [9.17, 15) is 9.59 Å². The van der Waals surface area contributed by atoms with Crippen LogP contribution in [0.25, 0.3) is 0 Å². The van der Waals surface area contributed by atoms with Gasteiger partial charge in [-0.25, -0.2) is 4.79 Å². The fourth-order valence-electron chi connectivity index (χ4n) is 2.60. The Balaban J connectivity index is 2.01. The van der Waals surface area contributed by atoms with Gasteiger partial charge in [0.2, 0.25) is 5.91 Å². The second-order valence-corrected chi connectivity index (χ2v) is 5.86. The topological polar surface area (TPSA) is 75.9 Å². The van der Waals surface area contributed by atoms with Crippen LogP contribution in [0.3, 0.4) is 0 Å². The van der Waals surface area contributed by atoms with Crippen LogP contribution in [-0.4, -0.2) is 59.1 Å². The Morgan fingerprint density at radius 3 is 2.67 bits per heavy atom. The predicted molar refractivity (Wildman–Crippen MR) is 65.9 cm³/mol. The number of hydrogen-bond donors (Lipinski definition) is 1.